The van der Waals surface area contributed by atoms with Gasteiger partial charge in [-0.1, -0.05) is 29.4 Å². The summed E-state index contributed by atoms with van der Waals surface area (Å²) in [5, 5.41) is 5.33. The number of hydrogen-bond acceptors (Lipinski definition) is 5. The molecule has 0 radical (unpaired) electrons. The minimum Gasteiger partial charge on any atom is -0.312 e. The van der Waals surface area contributed by atoms with Crippen molar-refractivity contribution >= 4 is 22.1 Å². The van der Waals surface area contributed by atoms with Crippen molar-refractivity contribution in [3.05, 3.63) is 71.2 Å². The van der Waals surface area contributed by atoms with Crippen LogP contribution in [0.15, 0.2) is 70.1 Å². The highest BCUT2D eigenvalue weighted by Gasteiger charge is 2.13. The minimum atomic E-state index is -0.416. The molecule has 0 aliphatic heterocycles. The Morgan fingerprint density at radius 3 is 2.45 bits per heavy atom. The maximum Gasteiger partial charge on any atom is 0.366 e. The third-order valence-corrected chi connectivity index (χ3v) is 4.49. The molecule has 0 unspecified atom stereocenters. The predicted molar refractivity (Wildman–Crippen MR) is 86.8 cm³/mol. The summed E-state index contributed by atoms with van der Waals surface area (Å²) in [5.41, 5.74) is 1.18. The van der Waals surface area contributed by atoms with E-state index < -0.39 is 5.63 Å². The first-order valence-electron chi connectivity index (χ1n) is 6.73. The molecule has 1 aromatic carbocycles. The summed E-state index contributed by atoms with van der Waals surface area (Å²) >= 11 is 1.57. The van der Waals surface area contributed by atoms with Crippen LogP contribution < -0.4 is 5.63 Å². The van der Waals surface area contributed by atoms with Crippen molar-refractivity contribution in [3.8, 4) is 21.1 Å². The molecule has 0 fully saturated rings. The molecule has 4 aromatic rings. The van der Waals surface area contributed by atoms with Crippen LogP contribution in [0, 0.1) is 0 Å². The molecule has 0 saturated heterocycles. The Bertz CT molecular complexity index is 1010. The number of pyridine rings is 1. The second-order valence-electron chi connectivity index (χ2n) is 4.74. The van der Waals surface area contributed by atoms with Crippen molar-refractivity contribution in [1.82, 2.24) is 10.1 Å². The summed E-state index contributed by atoms with van der Waals surface area (Å²) in [7, 11) is 0. The summed E-state index contributed by atoms with van der Waals surface area (Å²) < 4.78 is 4.93. The quantitative estimate of drug-likeness (QED) is 0.562. The second-order valence-corrected chi connectivity index (χ2v) is 5.83. The van der Waals surface area contributed by atoms with Gasteiger partial charge in [-0.25, -0.2) is 4.79 Å². The molecule has 5 heteroatoms. The first-order valence-corrected chi connectivity index (χ1v) is 7.55. The number of nitrogens with zero attached hydrogens (tertiary/aromatic N) is 2. The SMILES string of the molecule is O=c1onc(-c2ccc(-c3ccccn3)s2)c2ccccc12. The second kappa shape index (κ2) is 5.20. The Labute approximate surface area is 129 Å². The number of rotatable bonds is 2. The zero-order valence-corrected chi connectivity index (χ0v) is 12.2. The van der Waals surface area contributed by atoms with Gasteiger partial charge in [-0.3, -0.25) is 4.98 Å². The molecular formula is C17H10N2O2S. The van der Waals surface area contributed by atoms with Gasteiger partial charge in [-0.2, -0.15) is 0 Å². The van der Waals surface area contributed by atoms with Crippen LogP contribution >= 0.6 is 11.3 Å². The van der Waals surface area contributed by atoms with Crippen LogP contribution in [0.3, 0.4) is 0 Å². The Balaban J connectivity index is 1.89. The van der Waals surface area contributed by atoms with Crippen LogP contribution in [0.25, 0.3) is 31.9 Å². The summed E-state index contributed by atoms with van der Waals surface area (Å²) in [6, 6.07) is 17.1. The average molecular weight is 306 g/mol. The van der Waals surface area contributed by atoms with E-state index in [1.54, 1.807) is 23.6 Å². The average Bonchev–Trinajstić information content (AvgIpc) is 3.06. The van der Waals surface area contributed by atoms with Gasteiger partial charge in [0, 0.05) is 11.6 Å². The number of benzene rings is 1. The molecule has 3 aromatic heterocycles. The summed E-state index contributed by atoms with van der Waals surface area (Å²) in [6.07, 6.45) is 1.77. The van der Waals surface area contributed by atoms with Gasteiger partial charge in [0.05, 0.1) is 20.8 Å². The lowest BCUT2D eigenvalue weighted by Crippen LogP contribution is -2.01. The maximum atomic E-state index is 11.8. The van der Waals surface area contributed by atoms with E-state index >= 15 is 0 Å². The Morgan fingerprint density at radius 2 is 1.64 bits per heavy atom. The van der Waals surface area contributed by atoms with E-state index in [0.29, 0.717) is 11.1 Å². The molecule has 4 rings (SSSR count). The van der Waals surface area contributed by atoms with E-state index in [-0.39, 0.29) is 0 Å². The monoisotopic (exact) mass is 306 g/mol. The summed E-state index contributed by atoms with van der Waals surface area (Å²) in [4.78, 5) is 18.1. The van der Waals surface area contributed by atoms with Crippen molar-refractivity contribution < 1.29 is 4.52 Å². The summed E-state index contributed by atoms with van der Waals surface area (Å²) in [6.45, 7) is 0. The highest BCUT2D eigenvalue weighted by molar-refractivity contribution is 7.18. The Hall–Kier alpha value is -2.79. The maximum absolute atomic E-state index is 11.8. The highest BCUT2D eigenvalue weighted by atomic mass is 32.1. The normalized spacial score (nSPS) is 10.9. The van der Waals surface area contributed by atoms with Gasteiger partial charge < -0.3 is 4.52 Å². The minimum absolute atomic E-state index is 0.416. The van der Waals surface area contributed by atoms with E-state index in [2.05, 4.69) is 10.1 Å². The van der Waals surface area contributed by atoms with Crippen molar-refractivity contribution in [2.24, 2.45) is 0 Å². The number of fused-ring (bicyclic) bond motifs is 1. The van der Waals surface area contributed by atoms with Crippen LogP contribution in [0.4, 0.5) is 0 Å². The van der Waals surface area contributed by atoms with Crippen LogP contribution in [-0.2, 0) is 0 Å². The Morgan fingerprint density at radius 1 is 0.864 bits per heavy atom. The smallest absolute Gasteiger partial charge is 0.312 e. The zero-order valence-electron chi connectivity index (χ0n) is 11.4. The number of thiophene rings is 1. The molecule has 0 atom stereocenters. The first kappa shape index (κ1) is 12.9. The van der Waals surface area contributed by atoms with Gasteiger partial charge in [0.1, 0.15) is 5.69 Å². The van der Waals surface area contributed by atoms with E-state index in [0.717, 1.165) is 20.8 Å². The molecule has 4 nitrogen and oxygen atoms in total. The van der Waals surface area contributed by atoms with Gasteiger partial charge in [-0.05, 0) is 30.3 Å². The molecule has 3 heterocycles. The number of aromatic nitrogens is 2. The van der Waals surface area contributed by atoms with E-state index in [9.17, 15) is 4.79 Å². The van der Waals surface area contributed by atoms with E-state index in [4.69, 9.17) is 4.52 Å². The van der Waals surface area contributed by atoms with Crippen molar-refractivity contribution in [1.29, 1.82) is 0 Å². The zero-order chi connectivity index (χ0) is 14.9. The van der Waals surface area contributed by atoms with Crippen LogP contribution in [-0.4, -0.2) is 10.1 Å². The number of hydrogen-bond donors (Lipinski definition) is 0. The lowest BCUT2D eigenvalue weighted by molar-refractivity contribution is 0.381. The predicted octanol–water partition coefficient (Wildman–Crippen LogP) is 3.98. The molecule has 0 bridgehead atoms. The molecule has 0 aliphatic carbocycles. The third-order valence-electron chi connectivity index (χ3n) is 3.38. The van der Waals surface area contributed by atoms with Crippen molar-refractivity contribution in [2.45, 2.75) is 0 Å². The van der Waals surface area contributed by atoms with Gasteiger partial charge in [0.25, 0.3) is 0 Å². The molecular weight excluding hydrogens is 296 g/mol. The molecule has 0 saturated carbocycles. The molecule has 0 spiro atoms. The van der Waals surface area contributed by atoms with Gasteiger partial charge in [0.2, 0.25) is 0 Å². The van der Waals surface area contributed by atoms with Crippen molar-refractivity contribution in [3.63, 3.8) is 0 Å². The summed E-state index contributed by atoms with van der Waals surface area (Å²) in [5.74, 6) is 0. The van der Waals surface area contributed by atoms with Crippen molar-refractivity contribution in [2.75, 3.05) is 0 Å². The fourth-order valence-corrected chi connectivity index (χ4v) is 3.32. The first-order chi connectivity index (χ1) is 10.8. The van der Waals surface area contributed by atoms with Gasteiger partial charge in [0.15, 0.2) is 0 Å². The van der Waals surface area contributed by atoms with Crippen LogP contribution in [0.1, 0.15) is 0 Å². The lowest BCUT2D eigenvalue weighted by Gasteiger charge is -2.00. The largest absolute Gasteiger partial charge is 0.366 e. The molecule has 106 valence electrons. The van der Waals surface area contributed by atoms with Gasteiger partial charge >= 0.3 is 5.63 Å². The van der Waals surface area contributed by atoms with E-state index in [1.165, 1.54) is 0 Å². The Kier molecular flexibility index (Phi) is 3.05. The lowest BCUT2D eigenvalue weighted by atomic mass is 10.1. The third kappa shape index (κ3) is 2.12. The topological polar surface area (TPSA) is 56.0 Å². The highest BCUT2D eigenvalue weighted by Crippen LogP contribution is 2.34. The molecule has 0 aliphatic rings. The van der Waals surface area contributed by atoms with E-state index in [1.807, 2.05) is 48.5 Å². The fourth-order valence-electron chi connectivity index (χ4n) is 2.34. The molecule has 22 heavy (non-hydrogen) atoms. The standard InChI is InChI=1S/C17H10N2O2S/c20-17-12-6-2-1-5-11(12)16(19-21-17)15-9-8-14(22-15)13-7-3-4-10-18-13/h1-10H. The fraction of sp³-hybridized carbons (Fsp3) is 0. The van der Waals surface area contributed by atoms with Gasteiger partial charge in [-0.15, -0.1) is 11.3 Å². The molecule has 0 N–H and O–H groups in total. The van der Waals surface area contributed by atoms with Crippen LogP contribution in [0.5, 0.6) is 0 Å². The van der Waals surface area contributed by atoms with Crippen LogP contribution in [0.2, 0.25) is 0 Å². The molecule has 0 amide bonds.